The number of alkyl halides is 6. The van der Waals surface area contributed by atoms with Crippen molar-refractivity contribution in [3.63, 3.8) is 0 Å². The normalized spacial score (nSPS) is 15.3. The van der Waals surface area contributed by atoms with Crippen molar-refractivity contribution in [3.05, 3.63) is 65.4 Å². The van der Waals surface area contributed by atoms with Gasteiger partial charge in [0.25, 0.3) is 0 Å². The first-order valence-electron chi connectivity index (χ1n) is 10.3. The zero-order valence-corrected chi connectivity index (χ0v) is 18.2. The summed E-state index contributed by atoms with van der Waals surface area (Å²) in [5.41, 5.74) is 5.51. The van der Waals surface area contributed by atoms with Crippen LogP contribution in [0.2, 0.25) is 0 Å². The van der Waals surface area contributed by atoms with Gasteiger partial charge in [0, 0.05) is 17.8 Å². The van der Waals surface area contributed by atoms with Gasteiger partial charge in [-0.1, -0.05) is 25.2 Å². The van der Waals surface area contributed by atoms with Crippen molar-refractivity contribution in [2.45, 2.75) is 58.4 Å². The average molecular weight is 473 g/mol. The van der Waals surface area contributed by atoms with Gasteiger partial charge in [-0.2, -0.15) is 31.4 Å². The molecule has 3 rings (SSSR count). The lowest BCUT2D eigenvalue weighted by Gasteiger charge is -2.11. The van der Waals surface area contributed by atoms with E-state index in [4.69, 9.17) is 5.73 Å². The second kappa shape index (κ2) is 11.2. The van der Waals surface area contributed by atoms with Crippen molar-refractivity contribution in [3.8, 4) is 0 Å². The molecular weight excluding hydrogens is 448 g/mol. The number of nitrogens with zero attached hydrogens (tertiary/aromatic N) is 4. The molecular formula is C22H25F6N5. The van der Waals surface area contributed by atoms with Crippen LogP contribution in [-0.4, -0.2) is 25.9 Å². The second-order valence-corrected chi connectivity index (χ2v) is 7.19. The molecule has 11 heteroatoms. The van der Waals surface area contributed by atoms with Crippen molar-refractivity contribution in [2.24, 2.45) is 0 Å². The third kappa shape index (κ3) is 7.76. The van der Waals surface area contributed by atoms with E-state index in [9.17, 15) is 26.3 Å². The molecule has 33 heavy (non-hydrogen) atoms. The molecule has 0 amide bonds. The second-order valence-electron chi connectivity index (χ2n) is 7.19. The summed E-state index contributed by atoms with van der Waals surface area (Å²) in [6.07, 6.45) is 2.14. The highest BCUT2D eigenvalue weighted by molar-refractivity contribution is 5.74. The van der Waals surface area contributed by atoms with Gasteiger partial charge < -0.3 is 5.73 Å². The lowest BCUT2D eigenvalue weighted by Crippen LogP contribution is -2.11. The molecule has 2 aromatic heterocycles. The van der Waals surface area contributed by atoms with Crippen LogP contribution in [0, 0.1) is 0 Å². The van der Waals surface area contributed by atoms with Gasteiger partial charge in [0.2, 0.25) is 0 Å². The molecule has 0 saturated carbocycles. The van der Waals surface area contributed by atoms with Crippen LogP contribution in [-0.2, 0) is 19.1 Å². The monoisotopic (exact) mass is 473 g/mol. The smallest absolute Gasteiger partial charge is 0.382 e. The number of nitrogens with two attached hydrogens (primary N) is 1. The van der Waals surface area contributed by atoms with Crippen LogP contribution in [0.3, 0.4) is 0 Å². The van der Waals surface area contributed by atoms with Gasteiger partial charge in [-0.15, -0.1) is 0 Å². The van der Waals surface area contributed by atoms with E-state index in [1.165, 1.54) is 12.2 Å². The Bertz CT molecular complexity index is 992. The number of halogens is 6. The quantitative estimate of drug-likeness (QED) is 0.427. The number of hydrogen-bond donors (Lipinski definition) is 1. The summed E-state index contributed by atoms with van der Waals surface area (Å²) >= 11 is 0. The van der Waals surface area contributed by atoms with Crippen LogP contribution in [0.25, 0.3) is 5.57 Å². The van der Waals surface area contributed by atoms with Crippen molar-refractivity contribution in [2.75, 3.05) is 5.73 Å². The van der Waals surface area contributed by atoms with Crippen LogP contribution < -0.4 is 5.73 Å². The summed E-state index contributed by atoms with van der Waals surface area (Å²) in [5.74, 6) is -0.236. The van der Waals surface area contributed by atoms with E-state index in [2.05, 4.69) is 15.1 Å². The van der Waals surface area contributed by atoms with E-state index in [1.54, 1.807) is 26.0 Å². The van der Waals surface area contributed by atoms with Crippen LogP contribution in [0.15, 0.2) is 48.3 Å². The number of allylic oxidation sites excluding steroid dienone is 6. The molecule has 0 bridgehead atoms. The van der Waals surface area contributed by atoms with Gasteiger partial charge >= 0.3 is 12.4 Å². The first-order valence-corrected chi connectivity index (χ1v) is 10.3. The predicted octanol–water partition coefficient (Wildman–Crippen LogP) is 6.16. The Hall–Kier alpha value is -3.11. The van der Waals surface area contributed by atoms with Crippen molar-refractivity contribution in [1.29, 1.82) is 0 Å². The molecule has 180 valence electrons. The molecule has 5 nitrogen and oxygen atoms in total. The summed E-state index contributed by atoms with van der Waals surface area (Å²) in [7, 11) is 0. The third-order valence-electron chi connectivity index (χ3n) is 4.56. The summed E-state index contributed by atoms with van der Waals surface area (Å²) in [4.78, 5) is 6.28. The predicted molar refractivity (Wildman–Crippen MR) is 114 cm³/mol. The van der Waals surface area contributed by atoms with E-state index >= 15 is 0 Å². The molecule has 2 aromatic rings. The third-order valence-corrected chi connectivity index (χ3v) is 4.56. The molecule has 0 atom stereocenters. The van der Waals surface area contributed by atoms with Crippen molar-refractivity contribution >= 4 is 11.4 Å². The number of aryl methyl sites for hydroxylation is 2. The van der Waals surface area contributed by atoms with Crippen molar-refractivity contribution < 1.29 is 26.3 Å². The van der Waals surface area contributed by atoms with Gasteiger partial charge in [0.05, 0.1) is 23.7 Å². The fourth-order valence-electron chi connectivity index (χ4n) is 3.11. The maximum absolute atomic E-state index is 13.1. The maximum atomic E-state index is 13.1. The average Bonchev–Trinajstić information content (AvgIpc) is 3.16. The van der Waals surface area contributed by atoms with Crippen molar-refractivity contribution in [1.82, 2.24) is 19.7 Å². The molecule has 0 radical (unpaired) electrons. The Labute approximate surface area is 187 Å². The molecule has 0 fully saturated rings. The van der Waals surface area contributed by atoms with Gasteiger partial charge in [-0.05, 0) is 44.7 Å². The number of rotatable bonds is 4. The van der Waals surface area contributed by atoms with Gasteiger partial charge in [0.15, 0.2) is 5.69 Å². The lowest BCUT2D eigenvalue weighted by atomic mass is 10.0. The Morgan fingerprint density at radius 1 is 1.15 bits per heavy atom. The Morgan fingerprint density at radius 2 is 1.88 bits per heavy atom. The fraction of sp³-hybridized carbons (Fsp3) is 0.409. The van der Waals surface area contributed by atoms with E-state index in [1.807, 2.05) is 10.7 Å². The molecule has 0 aliphatic carbocycles. The number of nitrogen functional groups attached to an aromatic ring is 1. The van der Waals surface area contributed by atoms with E-state index < -0.39 is 23.6 Å². The van der Waals surface area contributed by atoms with Crippen LogP contribution >= 0.6 is 0 Å². The first-order chi connectivity index (χ1) is 15.5. The van der Waals surface area contributed by atoms with Crippen LogP contribution in [0.5, 0.6) is 0 Å². The fourth-order valence-corrected chi connectivity index (χ4v) is 3.11. The van der Waals surface area contributed by atoms with Gasteiger partial charge in [0.1, 0.15) is 5.82 Å². The zero-order valence-electron chi connectivity index (χ0n) is 18.2. The molecule has 0 aromatic carbocycles. The summed E-state index contributed by atoms with van der Waals surface area (Å²) in [6, 6.07) is 1.91. The minimum Gasteiger partial charge on any atom is -0.382 e. The van der Waals surface area contributed by atoms with Crippen LogP contribution in [0.1, 0.15) is 50.2 Å². The van der Waals surface area contributed by atoms with E-state index in [-0.39, 0.29) is 5.82 Å². The Morgan fingerprint density at radius 3 is 2.39 bits per heavy atom. The van der Waals surface area contributed by atoms with Crippen LogP contribution in [0.4, 0.5) is 32.2 Å². The highest BCUT2D eigenvalue weighted by atomic mass is 19.4. The Kier molecular flexibility index (Phi) is 8.84. The van der Waals surface area contributed by atoms with E-state index in [0.29, 0.717) is 23.9 Å². The lowest BCUT2D eigenvalue weighted by molar-refractivity contribution is -0.141. The first kappa shape index (κ1) is 26.1. The number of aromatic nitrogens is 4. The molecule has 3 heterocycles. The highest BCUT2D eigenvalue weighted by Crippen LogP contribution is 2.31. The minimum absolute atomic E-state index is 0.236. The maximum Gasteiger partial charge on any atom is 0.434 e. The SMILES string of the molecule is C\C=C/C(=C\C(=C\CC)C(F)(F)F)c1cc2n(n1)CCCC2.Nc1cncc(C(F)(F)F)n1. The van der Waals surface area contributed by atoms with Gasteiger partial charge in [-0.25, -0.2) is 4.98 Å². The topological polar surface area (TPSA) is 69.6 Å². The summed E-state index contributed by atoms with van der Waals surface area (Å²) in [6.45, 7) is 4.33. The number of hydrogen-bond acceptors (Lipinski definition) is 4. The summed E-state index contributed by atoms with van der Waals surface area (Å²) < 4.78 is 76.6. The standard InChI is InChI=1S/C17H21F3N2.C5H4F3N3/c1-3-7-13(11-14(8-4-2)17(18,19)20)16-12-15-9-5-6-10-22(15)21-16;6-5(7,8)3-1-10-2-4(9)11-3/h3,7-8,11-12H,4-6,9-10H2,1-2H3;1-2H,(H2,9,11)/b7-3-,13-11+,14-8-;. The molecule has 0 unspecified atom stereocenters. The number of fused-ring (bicyclic) bond motifs is 1. The molecule has 0 spiro atoms. The van der Waals surface area contributed by atoms with E-state index in [0.717, 1.165) is 37.7 Å². The molecule has 2 N–H and O–H groups in total. The molecule has 1 aliphatic rings. The summed E-state index contributed by atoms with van der Waals surface area (Å²) in [5, 5.41) is 4.47. The minimum atomic E-state index is -4.47. The zero-order chi connectivity index (χ0) is 24.6. The highest BCUT2D eigenvalue weighted by Gasteiger charge is 2.33. The number of anilines is 1. The Balaban J connectivity index is 0.000000294. The molecule has 1 aliphatic heterocycles. The molecule has 0 saturated heterocycles. The largest absolute Gasteiger partial charge is 0.434 e. The van der Waals surface area contributed by atoms with Gasteiger partial charge in [-0.3, -0.25) is 9.67 Å².